The Balaban J connectivity index is 2.43. The van der Waals surface area contributed by atoms with E-state index in [1.54, 1.807) is 0 Å². The number of hydrogen-bond donors (Lipinski definition) is 0. The van der Waals surface area contributed by atoms with Crippen molar-refractivity contribution in [3.63, 3.8) is 0 Å². The minimum absolute atomic E-state index is 0.0563. The number of rotatable bonds is 2. The average molecular weight is 248 g/mol. The second kappa shape index (κ2) is 4.32. The SMILES string of the molecule is C=C1C(=O)C[C@H]2C(C)(C)CCC[C@]2(C)[C@H]1CC=O. The van der Waals surface area contributed by atoms with E-state index in [9.17, 15) is 9.59 Å². The van der Waals surface area contributed by atoms with Crippen LogP contribution in [0, 0.1) is 22.7 Å². The van der Waals surface area contributed by atoms with Gasteiger partial charge < -0.3 is 4.79 Å². The predicted octanol–water partition coefficient (Wildman–Crippen LogP) is 3.55. The van der Waals surface area contributed by atoms with Crippen molar-refractivity contribution in [3.05, 3.63) is 12.2 Å². The van der Waals surface area contributed by atoms with E-state index in [2.05, 4.69) is 27.4 Å². The molecule has 2 aliphatic carbocycles. The number of ketones is 1. The second-order valence-corrected chi connectivity index (χ2v) is 7.01. The maximum atomic E-state index is 12.1. The van der Waals surface area contributed by atoms with Gasteiger partial charge in [0.2, 0.25) is 0 Å². The van der Waals surface area contributed by atoms with E-state index < -0.39 is 0 Å². The first kappa shape index (κ1) is 13.5. The number of allylic oxidation sites excluding steroid dienone is 1. The molecule has 0 radical (unpaired) electrons. The van der Waals surface area contributed by atoms with E-state index >= 15 is 0 Å². The third-order valence-corrected chi connectivity index (χ3v) is 5.57. The van der Waals surface area contributed by atoms with Crippen molar-refractivity contribution in [3.8, 4) is 0 Å². The Bertz CT molecular complexity index is 394. The fourth-order valence-corrected chi connectivity index (χ4v) is 4.51. The van der Waals surface area contributed by atoms with Gasteiger partial charge in [-0.1, -0.05) is 33.8 Å². The van der Waals surface area contributed by atoms with Gasteiger partial charge in [-0.2, -0.15) is 0 Å². The van der Waals surface area contributed by atoms with E-state index in [-0.39, 0.29) is 22.5 Å². The summed E-state index contributed by atoms with van der Waals surface area (Å²) in [6, 6.07) is 0. The van der Waals surface area contributed by atoms with Crippen LogP contribution >= 0.6 is 0 Å². The number of hydrogen-bond acceptors (Lipinski definition) is 2. The molecule has 100 valence electrons. The monoisotopic (exact) mass is 248 g/mol. The minimum Gasteiger partial charge on any atom is -0.303 e. The lowest BCUT2D eigenvalue weighted by Gasteiger charge is -2.57. The van der Waals surface area contributed by atoms with Crippen molar-refractivity contribution >= 4 is 12.1 Å². The molecular formula is C16H24O2. The lowest BCUT2D eigenvalue weighted by atomic mass is 9.47. The molecule has 0 heterocycles. The molecule has 2 heteroatoms. The lowest BCUT2D eigenvalue weighted by Crippen LogP contribution is -2.51. The fourth-order valence-electron chi connectivity index (χ4n) is 4.51. The summed E-state index contributed by atoms with van der Waals surface area (Å²) in [5, 5.41) is 0. The van der Waals surface area contributed by atoms with Crippen molar-refractivity contribution in [1.82, 2.24) is 0 Å². The Morgan fingerprint density at radius 1 is 1.33 bits per heavy atom. The number of Topliss-reactive ketones (excluding diaryl/α,β-unsaturated/α-hetero) is 1. The smallest absolute Gasteiger partial charge is 0.158 e. The molecule has 0 unspecified atom stereocenters. The van der Waals surface area contributed by atoms with Crippen LogP contribution in [0.3, 0.4) is 0 Å². The Morgan fingerprint density at radius 2 is 2.00 bits per heavy atom. The third kappa shape index (κ3) is 1.86. The molecule has 2 aliphatic rings. The standard InChI is InChI=1S/C16H24O2/c1-11-12(6-9-17)16(4)8-5-7-15(2,3)14(16)10-13(11)18/h9,12,14H,1,5-8,10H2,2-4H3/t12-,14-,16+/m0/s1. The van der Waals surface area contributed by atoms with Gasteiger partial charge in [-0.3, -0.25) is 4.79 Å². The number of fused-ring (bicyclic) bond motifs is 1. The minimum atomic E-state index is 0.0563. The van der Waals surface area contributed by atoms with Gasteiger partial charge in [-0.15, -0.1) is 0 Å². The molecule has 18 heavy (non-hydrogen) atoms. The maximum Gasteiger partial charge on any atom is 0.158 e. The van der Waals surface area contributed by atoms with Crippen molar-refractivity contribution in [2.45, 2.75) is 52.9 Å². The first-order valence-corrected chi connectivity index (χ1v) is 6.98. The van der Waals surface area contributed by atoms with Crippen LogP contribution in [0.25, 0.3) is 0 Å². The molecule has 0 amide bonds. The molecule has 0 aromatic carbocycles. The summed E-state index contributed by atoms with van der Waals surface area (Å²) >= 11 is 0. The third-order valence-electron chi connectivity index (χ3n) is 5.57. The van der Waals surface area contributed by atoms with Crippen LogP contribution in [0.2, 0.25) is 0 Å². The Labute approximate surface area is 110 Å². The molecular weight excluding hydrogens is 224 g/mol. The molecule has 3 atom stereocenters. The highest BCUT2D eigenvalue weighted by atomic mass is 16.1. The second-order valence-electron chi connectivity index (χ2n) is 7.01. The van der Waals surface area contributed by atoms with Gasteiger partial charge in [0.1, 0.15) is 6.29 Å². The van der Waals surface area contributed by atoms with E-state index in [1.165, 1.54) is 12.8 Å². The largest absolute Gasteiger partial charge is 0.303 e. The van der Waals surface area contributed by atoms with Crippen molar-refractivity contribution < 1.29 is 9.59 Å². The summed E-state index contributed by atoms with van der Waals surface area (Å²) < 4.78 is 0. The fraction of sp³-hybridized carbons (Fsp3) is 0.750. The summed E-state index contributed by atoms with van der Waals surface area (Å²) in [7, 11) is 0. The van der Waals surface area contributed by atoms with Gasteiger partial charge in [0.25, 0.3) is 0 Å². The van der Waals surface area contributed by atoms with Gasteiger partial charge >= 0.3 is 0 Å². The van der Waals surface area contributed by atoms with Crippen molar-refractivity contribution in [2.24, 2.45) is 22.7 Å². The topological polar surface area (TPSA) is 34.1 Å². The molecule has 0 spiro atoms. The van der Waals surface area contributed by atoms with Gasteiger partial charge in [0.15, 0.2) is 5.78 Å². The molecule has 0 aliphatic heterocycles. The van der Waals surface area contributed by atoms with Gasteiger partial charge in [0, 0.05) is 12.8 Å². The summed E-state index contributed by atoms with van der Waals surface area (Å²) in [4.78, 5) is 23.1. The molecule has 0 bridgehead atoms. The highest BCUT2D eigenvalue weighted by molar-refractivity contribution is 5.97. The molecule has 0 N–H and O–H groups in total. The quantitative estimate of drug-likeness (QED) is 0.553. The van der Waals surface area contributed by atoms with Crippen molar-refractivity contribution in [1.29, 1.82) is 0 Å². The Morgan fingerprint density at radius 3 is 2.61 bits per heavy atom. The molecule has 2 rings (SSSR count). The van der Waals surface area contributed by atoms with Crippen LogP contribution in [0.1, 0.15) is 52.9 Å². The first-order valence-electron chi connectivity index (χ1n) is 6.98. The normalized spacial score (nSPS) is 39.3. The number of aldehydes is 1. The number of carbonyl (C=O) groups is 2. The zero-order valence-corrected chi connectivity index (χ0v) is 11.8. The summed E-state index contributed by atoms with van der Waals surface area (Å²) in [6.45, 7) is 10.8. The number of carbonyl (C=O) groups excluding carboxylic acids is 2. The van der Waals surface area contributed by atoms with Gasteiger partial charge in [-0.25, -0.2) is 0 Å². The van der Waals surface area contributed by atoms with Crippen LogP contribution in [0.15, 0.2) is 12.2 Å². The molecule has 2 saturated carbocycles. The molecule has 0 aromatic rings. The highest BCUT2D eigenvalue weighted by Crippen LogP contribution is 2.60. The first-order chi connectivity index (χ1) is 8.33. The van der Waals surface area contributed by atoms with E-state index in [0.29, 0.717) is 24.3 Å². The van der Waals surface area contributed by atoms with Gasteiger partial charge in [0.05, 0.1) is 0 Å². The average Bonchev–Trinajstić information content (AvgIpc) is 2.28. The van der Waals surface area contributed by atoms with Crippen LogP contribution in [0.4, 0.5) is 0 Å². The zero-order chi connectivity index (χ0) is 13.6. The van der Waals surface area contributed by atoms with Crippen LogP contribution in [-0.4, -0.2) is 12.1 Å². The summed E-state index contributed by atoms with van der Waals surface area (Å²) in [5.41, 5.74) is 0.969. The zero-order valence-electron chi connectivity index (χ0n) is 11.8. The Hall–Kier alpha value is -0.920. The molecule has 0 aromatic heterocycles. The summed E-state index contributed by atoms with van der Waals surface area (Å²) in [6.07, 6.45) is 5.52. The van der Waals surface area contributed by atoms with Crippen LogP contribution in [0.5, 0.6) is 0 Å². The lowest BCUT2D eigenvalue weighted by molar-refractivity contribution is -0.131. The van der Waals surface area contributed by atoms with Gasteiger partial charge in [-0.05, 0) is 41.1 Å². The summed E-state index contributed by atoms with van der Waals surface area (Å²) in [5.74, 6) is 0.627. The molecule has 2 nitrogen and oxygen atoms in total. The van der Waals surface area contributed by atoms with E-state index in [0.717, 1.165) is 12.7 Å². The van der Waals surface area contributed by atoms with E-state index in [1.807, 2.05) is 0 Å². The maximum absolute atomic E-state index is 12.1. The highest BCUT2D eigenvalue weighted by Gasteiger charge is 2.54. The van der Waals surface area contributed by atoms with E-state index in [4.69, 9.17) is 0 Å². The Kier molecular flexibility index (Phi) is 3.25. The predicted molar refractivity (Wildman–Crippen MR) is 72.2 cm³/mol. The van der Waals surface area contributed by atoms with Crippen molar-refractivity contribution in [2.75, 3.05) is 0 Å². The molecule has 2 fully saturated rings. The molecule has 0 saturated heterocycles. The van der Waals surface area contributed by atoms with Crippen LogP contribution < -0.4 is 0 Å². The van der Waals surface area contributed by atoms with Crippen LogP contribution in [-0.2, 0) is 9.59 Å².